The van der Waals surface area contributed by atoms with E-state index in [1.807, 2.05) is 0 Å². The minimum atomic E-state index is -0.418. The Morgan fingerprint density at radius 2 is 2.15 bits per heavy atom. The van der Waals surface area contributed by atoms with Crippen LogP contribution in [0.5, 0.6) is 0 Å². The zero-order valence-electron chi connectivity index (χ0n) is 14.6. The minimum absolute atomic E-state index is 0.0787. The zero-order chi connectivity index (χ0) is 19.1. The first-order valence-electron chi connectivity index (χ1n) is 8.68. The van der Waals surface area contributed by atoms with E-state index in [1.54, 1.807) is 11.5 Å². The van der Waals surface area contributed by atoms with Gasteiger partial charge < -0.3 is 10.3 Å². The molecule has 7 nitrogen and oxygen atoms in total. The number of hydrogen-bond acceptors (Lipinski definition) is 5. The summed E-state index contributed by atoms with van der Waals surface area (Å²) in [5.74, 6) is 0.375. The summed E-state index contributed by atoms with van der Waals surface area (Å²) in [7, 11) is 0. The number of amides is 1. The number of aromatic amines is 1. The van der Waals surface area contributed by atoms with E-state index < -0.39 is 11.5 Å². The van der Waals surface area contributed by atoms with E-state index in [2.05, 4.69) is 31.2 Å². The topological polar surface area (TPSA) is 96.8 Å². The molecular formula is C18H17BrN4O3S. The molecule has 1 amide bonds. The first-order valence-corrected chi connectivity index (χ1v) is 10.3. The molecule has 0 fully saturated rings. The van der Waals surface area contributed by atoms with E-state index >= 15 is 0 Å². The second kappa shape index (κ2) is 7.05. The first-order chi connectivity index (χ1) is 13.0. The Hall–Kier alpha value is -2.26. The second-order valence-electron chi connectivity index (χ2n) is 6.55. The summed E-state index contributed by atoms with van der Waals surface area (Å²) < 4.78 is 2.39. The molecule has 0 aliphatic carbocycles. The van der Waals surface area contributed by atoms with Crippen LogP contribution in [0.1, 0.15) is 40.3 Å². The van der Waals surface area contributed by atoms with Crippen LogP contribution in [0.25, 0.3) is 10.2 Å². The molecule has 0 spiro atoms. The van der Waals surface area contributed by atoms with Gasteiger partial charge in [-0.3, -0.25) is 19.0 Å². The van der Waals surface area contributed by atoms with Gasteiger partial charge in [-0.2, -0.15) is 0 Å². The van der Waals surface area contributed by atoms with Gasteiger partial charge >= 0.3 is 0 Å². The molecule has 3 aromatic heterocycles. The van der Waals surface area contributed by atoms with Crippen molar-refractivity contribution in [2.24, 2.45) is 0 Å². The normalized spacial score (nSPS) is 14.0. The van der Waals surface area contributed by atoms with Crippen molar-refractivity contribution in [3.8, 4) is 0 Å². The lowest BCUT2D eigenvalue weighted by Crippen LogP contribution is -2.24. The maximum Gasteiger partial charge on any atom is 0.271 e. The molecule has 1 aliphatic rings. The molecule has 0 radical (unpaired) electrons. The molecule has 0 aromatic carbocycles. The fourth-order valence-corrected chi connectivity index (χ4v) is 4.78. The predicted octanol–water partition coefficient (Wildman–Crippen LogP) is 3.20. The first kappa shape index (κ1) is 18.1. The predicted molar refractivity (Wildman–Crippen MR) is 109 cm³/mol. The molecule has 0 saturated carbocycles. The summed E-state index contributed by atoms with van der Waals surface area (Å²) in [5, 5.41) is 3.13. The van der Waals surface area contributed by atoms with Gasteiger partial charge in [0.15, 0.2) is 0 Å². The van der Waals surface area contributed by atoms with Gasteiger partial charge in [-0.15, -0.1) is 11.3 Å². The highest BCUT2D eigenvalue weighted by Crippen LogP contribution is 2.29. The Morgan fingerprint density at radius 3 is 2.96 bits per heavy atom. The Kier molecular flexibility index (Phi) is 4.73. The number of carbonyl (C=O) groups is 1. The van der Waals surface area contributed by atoms with Gasteiger partial charge in [0.05, 0.1) is 10.3 Å². The van der Waals surface area contributed by atoms with Crippen LogP contribution >= 0.6 is 27.3 Å². The molecule has 0 unspecified atom stereocenters. The number of H-pyrrole nitrogens is 1. The molecule has 27 heavy (non-hydrogen) atoms. The van der Waals surface area contributed by atoms with Crippen LogP contribution in [0.2, 0.25) is 0 Å². The number of hydrogen-bond donors (Lipinski definition) is 2. The lowest BCUT2D eigenvalue weighted by molar-refractivity contribution is 0.103. The summed E-state index contributed by atoms with van der Waals surface area (Å²) in [6.45, 7) is 2.42. The van der Waals surface area contributed by atoms with Crippen molar-refractivity contribution in [1.82, 2.24) is 14.5 Å². The van der Waals surface area contributed by atoms with Crippen molar-refractivity contribution in [2.75, 3.05) is 5.32 Å². The fraction of sp³-hybridized carbons (Fsp3) is 0.333. The van der Waals surface area contributed by atoms with Crippen LogP contribution in [0, 0.1) is 6.92 Å². The number of thiophene rings is 1. The summed E-state index contributed by atoms with van der Waals surface area (Å²) in [6.07, 6.45) is 5.34. The summed E-state index contributed by atoms with van der Waals surface area (Å²) in [4.78, 5) is 45.8. The highest BCUT2D eigenvalue weighted by molar-refractivity contribution is 9.10. The number of aryl methyl sites for hydroxylation is 2. The molecule has 4 rings (SSSR count). The lowest BCUT2D eigenvalue weighted by atomic mass is 10.2. The van der Waals surface area contributed by atoms with Gasteiger partial charge in [-0.05, 0) is 47.3 Å². The van der Waals surface area contributed by atoms with E-state index in [9.17, 15) is 14.4 Å². The fourth-order valence-electron chi connectivity index (χ4n) is 3.36. The number of nitrogens with zero attached hydrogens (tertiary/aromatic N) is 2. The van der Waals surface area contributed by atoms with Gasteiger partial charge in [-0.25, -0.2) is 4.98 Å². The Bertz CT molecular complexity index is 1180. The largest absolute Gasteiger partial charge is 0.326 e. The third-order valence-electron chi connectivity index (χ3n) is 4.73. The average molecular weight is 449 g/mol. The molecule has 9 heteroatoms. The third-order valence-corrected chi connectivity index (χ3v) is 6.38. The monoisotopic (exact) mass is 448 g/mol. The van der Waals surface area contributed by atoms with E-state index in [1.165, 1.54) is 23.6 Å². The highest BCUT2D eigenvalue weighted by atomic mass is 79.9. The Balaban J connectivity index is 1.79. The summed E-state index contributed by atoms with van der Waals surface area (Å²) in [5.41, 5.74) is 0.280. The highest BCUT2D eigenvalue weighted by Gasteiger charge is 2.22. The number of pyridine rings is 1. The number of fused-ring (bicyclic) bond motifs is 2. The van der Waals surface area contributed by atoms with Crippen molar-refractivity contribution in [3.63, 3.8) is 0 Å². The molecule has 0 bridgehead atoms. The van der Waals surface area contributed by atoms with Crippen molar-refractivity contribution >= 4 is 49.1 Å². The number of nitrogens with one attached hydrogen (secondary N) is 2. The van der Waals surface area contributed by atoms with Crippen molar-refractivity contribution < 1.29 is 4.79 Å². The number of halogens is 1. The zero-order valence-corrected chi connectivity index (χ0v) is 17.0. The Morgan fingerprint density at radius 1 is 1.33 bits per heavy atom. The number of aromatic nitrogens is 3. The van der Waals surface area contributed by atoms with Gasteiger partial charge in [-0.1, -0.05) is 6.42 Å². The molecule has 0 saturated heterocycles. The van der Waals surface area contributed by atoms with Crippen LogP contribution < -0.4 is 16.4 Å². The van der Waals surface area contributed by atoms with Gasteiger partial charge in [0.2, 0.25) is 0 Å². The van der Waals surface area contributed by atoms with Crippen LogP contribution in [0.15, 0.2) is 26.3 Å². The molecular weight excluding hydrogens is 432 g/mol. The van der Waals surface area contributed by atoms with Crippen molar-refractivity contribution in [2.45, 2.75) is 39.2 Å². The second-order valence-corrected chi connectivity index (χ2v) is 8.46. The van der Waals surface area contributed by atoms with Gasteiger partial charge in [0.25, 0.3) is 17.0 Å². The molecule has 0 atom stereocenters. The standard InChI is InChI=1S/C18H17BrN4O3S/c1-9-13-17(22-12-5-3-2-4-6-23(12)18(13)26)27-14(9)16(25)21-11-7-10(19)8-20-15(11)24/h7-8H,2-6H2,1H3,(H,20,24)(H,21,25). The summed E-state index contributed by atoms with van der Waals surface area (Å²) in [6, 6.07) is 1.54. The van der Waals surface area contributed by atoms with Crippen LogP contribution in [0.3, 0.4) is 0 Å². The number of anilines is 1. The average Bonchev–Trinajstić information content (AvgIpc) is 2.80. The molecule has 1 aliphatic heterocycles. The molecule has 4 heterocycles. The minimum Gasteiger partial charge on any atom is -0.326 e. The Labute approximate surface area is 166 Å². The maximum atomic E-state index is 13.0. The van der Waals surface area contributed by atoms with Crippen molar-refractivity contribution in [1.29, 1.82) is 0 Å². The quantitative estimate of drug-likeness (QED) is 0.628. The van der Waals surface area contributed by atoms with Crippen LogP contribution in [0.4, 0.5) is 5.69 Å². The van der Waals surface area contributed by atoms with Crippen LogP contribution in [-0.2, 0) is 13.0 Å². The van der Waals surface area contributed by atoms with E-state index in [4.69, 9.17) is 0 Å². The van der Waals surface area contributed by atoms with E-state index in [-0.39, 0.29) is 11.2 Å². The molecule has 2 N–H and O–H groups in total. The lowest BCUT2D eigenvalue weighted by Gasteiger charge is -2.08. The van der Waals surface area contributed by atoms with E-state index in [0.717, 1.165) is 31.5 Å². The van der Waals surface area contributed by atoms with Crippen molar-refractivity contribution in [3.05, 3.63) is 53.7 Å². The van der Waals surface area contributed by atoms with Gasteiger partial charge in [0.1, 0.15) is 16.3 Å². The number of rotatable bonds is 2. The summed E-state index contributed by atoms with van der Waals surface area (Å²) >= 11 is 4.46. The van der Waals surface area contributed by atoms with E-state index in [0.29, 0.717) is 31.7 Å². The van der Waals surface area contributed by atoms with Crippen LogP contribution in [-0.4, -0.2) is 20.4 Å². The maximum absolute atomic E-state index is 13.0. The SMILES string of the molecule is Cc1c(C(=O)Nc2cc(Br)c[nH]c2=O)sc2nc3n(c(=O)c12)CCCCC3. The third kappa shape index (κ3) is 3.25. The smallest absolute Gasteiger partial charge is 0.271 e. The van der Waals surface area contributed by atoms with Gasteiger partial charge in [0, 0.05) is 23.6 Å². The number of carbonyl (C=O) groups excluding carboxylic acids is 1. The molecule has 140 valence electrons. The molecule has 3 aromatic rings.